The van der Waals surface area contributed by atoms with Crippen molar-refractivity contribution in [2.45, 2.75) is 94.5 Å². The molecule has 0 aromatic heterocycles. The fourth-order valence-electron chi connectivity index (χ4n) is 6.89. The third kappa shape index (κ3) is 5.26. The van der Waals surface area contributed by atoms with E-state index in [1.165, 1.54) is 51.5 Å². The Morgan fingerprint density at radius 2 is 1.40 bits per heavy atom. The third-order valence-electron chi connectivity index (χ3n) is 8.98. The third-order valence-corrected chi connectivity index (χ3v) is 8.98. The van der Waals surface area contributed by atoms with Gasteiger partial charge in [-0.2, -0.15) is 0 Å². The zero-order valence-corrected chi connectivity index (χ0v) is 21.0. The Bertz CT molecular complexity index is 899. The Balaban J connectivity index is 1.13. The molecule has 35 heavy (non-hydrogen) atoms. The normalized spacial score (nSPS) is 27.5. The van der Waals surface area contributed by atoms with Crippen molar-refractivity contribution in [1.82, 2.24) is 15.5 Å². The first-order valence-corrected chi connectivity index (χ1v) is 13.7. The van der Waals surface area contributed by atoms with Gasteiger partial charge in [0.1, 0.15) is 5.60 Å². The molecule has 2 bridgehead atoms. The van der Waals surface area contributed by atoms with Crippen LogP contribution >= 0.6 is 0 Å². The second-order valence-electron chi connectivity index (χ2n) is 11.0. The number of carbonyl (C=O) groups is 1. The van der Waals surface area contributed by atoms with Crippen molar-refractivity contribution >= 4 is 6.03 Å². The molecule has 1 unspecified atom stereocenters. The van der Waals surface area contributed by atoms with Gasteiger partial charge in [-0.3, -0.25) is 4.90 Å². The topological polar surface area (TPSA) is 64.6 Å². The summed E-state index contributed by atoms with van der Waals surface area (Å²) in [5.74, 6) is 0.788. The minimum Gasteiger partial charge on any atom is -0.378 e. The quantitative estimate of drug-likeness (QED) is 0.493. The monoisotopic (exact) mass is 475 g/mol. The van der Waals surface area contributed by atoms with E-state index >= 15 is 0 Å². The van der Waals surface area contributed by atoms with Crippen molar-refractivity contribution in [3.8, 4) is 0 Å². The van der Waals surface area contributed by atoms with E-state index in [1.54, 1.807) is 0 Å². The summed E-state index contributed by atoms with van der Waals surface area (Å²) in [7, 11) is 0. The first kappa shape index (κ1) is 24.3. The second kappa shape index (κ2) is 10.7. The van der Waals surface area contributed by atoms with Gasteiger partial charge in [0.05, 0.1) is 6.04 Å². The molecule has 2 saturated heterocycles. The minimum atomic E-state index is -1.31. The summed E-state index contributed by atoms with van der Waals surface area (Å²) in [6.45, 7) is 3.15. The van der Waals surface area contributed by atoms with Crippen LogP contribution in [0, 0.1) is 5.92 Å². The van der Waals surface area contributed by atoms with Gasteiger partial charge in [0.25, 0.3) is 0 Å². The number of fused-ring (bicyclic) bond motifs is 2. The van der Waals surface area contributed by atoms with Crippen LogP contribution in [0.25, 0.3) is 0 Å². The van der Waals surface area contributed by atoms with Crippen LogP contribution in [-0.2, 0) is 5.60 Å². The Hall–Kier alpha value is -2.37. The number of carbonyl (C=O) groups excluding carboxylic acids is 1. The minimum absolute atomic E-state index is 0.195. The Morgan fingerprint density at radius 1 is 0.886 bits per heavy atom. The highest BCUT2D eigenvalue weighted by Crippen LogP contribution is 2.38. The van der Waals surface area contributed by atoms with E-state index in [2.05, 4.69) is 15.5 Å². The van der Waals surface area contributed by atoms with Gasteiger partial charge in [-0.15, -0.1) is 0 Å². The zero-order chi connectivity index (χ0) is 24.3. The molecule has 5 heteroatoms. The fourth-order valence-corrected chi connectivity index (χ4v) is 6.89. The molecule has 5 nitrogen and oxygen atoms in total. The van der Waals surface area contributed by atoms with Crippen LogP contribution in [0.3, 0.4) is 0 Å². The first-order chi connectivity index (χ1) is 17.0. The number of rotatable bonds is 8. The van der Waals surface area contributed by atoms with Gasteiger partial charge in [-0.1, -0.05) is 60.7 Å². The van der Waals surface area contributed by atoms with Crippen molar-refractivity contribution in [3.63, 3.8) is 0 Å². The molecule has 2 heterocycles. The maximum Gasteiger partial charge on any atom is 0.315 e. The Morgan fingerprint density at radius 3 is 1.91 bits per heavy atom. The summed E-state index contributed by atoms with van der Waals surface area (Å²) in [4.78, 5) is 15.7. The van der Waals surface area contributed by atoms with E-state index in [9.17, 15) is 9.90 Å². The fraction of sp³-hybridized carbons (Fsp3) is 0.567. The van der Waals surface area contributed by atoms with Crippen molar-refractivity contribution < 1.29 is 9.90 Å². The largest absolute Gasteiger partial charge is 0.378 e. The molecule has 1 atom stereocenters. The number of benzene rings is 2. The molecule has 5 rings (SSSR count). The molecule has 2 aromatic rings. The smallest absolute Gasteiger partial charge is 0.315 e. The molecule has 3 aliphatic rings. The SMILES string of the molecule is CC(NC(=O)NC1CCC(CCN2C3CCC2CC3)CC1)C(O)(c1ccccc1)c1ccccc1. The predicted molar refractivity (Wildman–Crippen MR) is 140 cm³/mol. The van der Waals surface area contributed by atoms with Crippen LogP contribution in [0.4, 0.5) is 4.79 Å². The summed E-state index contributed by atoms with van der Waals surface area (Å²) in [6, 6.07) is 20.5. The van der Waals surface area contributed by atoms with Crippen molar-refractivity contribution in [2.24, 2.45) is 5.92 Å². The lowest BCUT2D eigenvalue weighted by Crippen LogP contribution is -2.54. The molecule has 0 radical (unpaired) electrons. The molecule has 1 aliphatic carbocycles. The number of nitrogens with one attached hydrogen (secondary N) is 2. The molecule has 188 valence electrons. The maximum absolute atomic E-state index is 13.0. The molecule has 1 saturated carbocycles. The summed E-state index contributed by atoms with van der Waals surface area (Å²) in [5, 5.41) is 18.1. The van der Waals surface area contributed by atoms with Gasteiger partial charge in [-0.25, -0.2) is 4.79 Å². The molecule has 2 aliphatic heterocycles. The lowest BCUT2D eigenvalue weighted by Gasteiger charge is -2.36. The van der Waals surface area contributed by atoms with E-state index in [0.29, 0.717) is 0 Å². The Labute approximate surface area is 210 Å². The summed E-state index contributed by atoms with van der Waals surface area (Å²) in [5.41, 5.74) is 0.226. The lowest BCUT2D eigenvalue weighted by molar-refractivity contribution is 0.0470. The van der Waals surface area contributed by atoms with Crippen LogP contribution in [-0.4, -0.2) is 46.7 Å². The average molecular weight is 476 g/mol. The van der Waals surface area contributed by atoms with Crippen LogP contribution in [0.15, 0.2) is 60.7 Å². The van der Waals surface area contributed by atoms with E-state index in [0.717, 1.165) is 42.0 Å². The molecule has 2 aromatic carbocycles. The number of aliphatic hydroxyl groups is 1. The highest BCUT2D eigenvalue weighted by Gasteiger charge is 2.40. The Kier molecular flexibility index (Phi) is 7.45. The number of amides is 2. The van der Waals surface area contributed by atoms with E-state index < -0.39 is 11.6 Å². The lowest BCUT2D eigenvalue weighted by atomic mass is 9.81. The van der Waals surface area contributed by atoms with Crippen LogP contribution in [0.5, 0.6) is 0 Å². The predicted octanol–water partition coefficient (Wildman–Crippen LogP) is 5.19. The van der Waals surface area contributed by atoms with Gasteiger partial charge in [0, 0.05) is 18.1 Å². The molecule has 3 fully saturated rings. The summed E-state index contributed by atoms with van der Waals surface area (Å²) in [6.07, 6.45) is 11.4. The van der Waals surface area contributed by atoms with Crippen LogP contribution in [0.1, 0.15) is 75.8 Å². The van der Waals surface area contributed by atoms with Crippen molar-refractivity contribution in [2.75, 3.05) is 6.54 Å². The second-order valence-corrected chi connectivity index (χ2v) is 11.0. The van der Waals surface area contributed by atoms with Gasteiger partial charge in [0.15, 0.2) is 0 Å². The van der Waals surface area contributed by atoms with Gasteiger partial charge < -0.3 is 15.7 Å². The van der Waals surface area contributed by atoms with Gasteiger partial charge >= 0.3 is 6.03 Å². The molecule has 0 spiro atoms. The molecule has 3 N–H and O–H groups in total. The van der Waals surface area contributed by atoms with E-state index in [1.807, 2.05) is 67.6 Å². The highest BCUT2D eigenvalue weighted by molar-refractivity contribution is 5.75. The number of hydrogen-bond acceptors (Lipinski definition) is 3. The van der Waals surface area contributed by atoms with Gasteiger partial charge in [0.2, 0.25) is 0 Å². The maximum atomic E-state index is 13.0. The number of nitrogens with zero attached hydrogens (tertiary/aromatic N) is 1. The average Bonchev–Trinajstić information content (AvgIpc) is 3.48. The zero-order valence-electron chi connectivity index (χ0n) is 21.0. The van der Waals surface area contributed by atoms with E-state index in [4.69, 9.17) is 0 Å². The van der Waals surface area contributed by atoms with E-state index in [-0.39, 0.29) is 12.1 Å². The van der Waals surface area contributed by atoms with Crippen LogP contribution in [0.2, 0.25) is 0 Å². The summed E-state index contributed by atoms with van der Waals surface area (Å²) >= 11 is 0. The number of hydrogen-bond donors (Lipinski definition) is 3. The highest BCUT2D eigenvalue weighted by atomic mass is 16.3. The van der Waals surface area contributed by atoms with Gasteiger partial charge in [-0.05, 0) is 88.3 Å². The standard InChI is InChI=1S/C30H41N3O2/c1-22(30(35,24-8-4-2-5-9-24)25-10-6-3-7-11-25)31-29(34)32-26-14-12-23(13-15-26)20-21-33-27-16-17-28(33)19-18-27/h2-11,22-23,26-28,35H,12-21H2,1H3,(H2,31,32,34). The van der Waals surface area contributed by atoms with Crippen molar-refractivity contribution in [3.05, 3.63) is 71.8 Å². The molecule has 2 amide bonds. The molecular weight excluding hydrogens is 434 g/mol. The first-order valence-electron chi connectivity index (χ1n) is 13.7. The van der Waals surface area contributed by atoms with Crippen LogP contribution < -0.4 is 10.6 Å². The summed E-state index contributed by atoms with van der Waals surface area (Å²) < 4.78 is 0. The number of urea groups is 1. The van der Waals surface area contributed by atoms with Crippen molar-refractivity contribution in [1.29, 1.82) is 0 Å². The molecular formula is C30H41N3O2.